The van der Waals surface area contributed by atoms with Crippen LogP contribution in [0.25, 0.3) is 10.9 Å². The fourth-order valence-corrected chi connectivity index (χ4v) is 5.19. The Hall–Kier alpha value is -3.18. The van der Waals surface area contributed by atoms with Gasteiger partial charge < -0.3 is 20.3 Å². The van der Waals surface area contributed by atoms with E-state index in [1.54, 1.807) is 6.20 Å². The number of hydrogen-bond donors (Lipinski definition) is 1. The summed E-state index contributed by atoms with van der Waals surface area (Å²) in [7, 11) is 0. The summed E-state index contributed by atoms with van der Waals surface area (Å²) in [6.45, 7) is 9.39. The molecule has 2 aromatic carbocycles. The lowest BCUT2D eigenvalue weighted by Gasteiger charge is -2.42. The number of ether oxygens (including phenoxy) is 1. The molecule has 34 heavy (non-hydrogen) atoms. The first-order chi connectivity index (χ1) is 16.6. The van der Waals surface area contributed by atoms with E-state index in [2.05, 4.69) is 69.1 Å². The van der Waals surface area contributed by atoms with E-state index in [4.69, 9.17) is 10.5 Å². The highest BCUT2D eigenvalue weighted by atomic mass is 16.5. The Bertz CT molecular complexity index is 1170. The standard InChI is InChI=1S/C27H32N6O/c1-20-17-33(26-9-6-22(16-29)27-25(26)3-2-10-30-27)19-24(34-20)18-31-11-13-32(14-12-31)23-7-4-21(15-28)5-8-23/h2-10,20,24H,11-15,17-19,28H2,1H3/t20-,24+/m1/s1. The number of pyridine rings is 1. The molecule has 2 aliphatic rings. The molecular weight excluding hydrogens is 424 g/mol. The fraction of sp³-hybridized carbons (Fsp3) is 0.407. The van der Waals surface area contributed by atoms with E-state index in [0.29, 0.717) is 12.1 Å². The molecular formula is C27H32N6O. The van der Waals surface area contributed by atoms with Crippen molar-refractivity contribution in [3.05, 3.63) is 65.9 Å². The van der Waals surface area contributed by atoms with Gasteiger partial charge in [0.15, 0.2) is 0 Å². The van der Waals surface area contributed by atoms with Gasteiger partial charge in [-0.2, -0.15) is 5.26 Å². The van der Waals surface area contributed by atoms with Gasteiger partial charge in [0.1, 0.15) is 6.07 Å². The summed E-state index contributed by atoms with van der Waals surface area (Å²) >= 11 is 0. The maximum absolute atomic E-state index is 9.48. The highest BCUT2D eigenvalue weighted by Gasteiger charge is 2.29. The van der Waals surface area contributed by atoms with Crippen LogP contribution in [-0.2, 0) is 11.3 Å². The number of aromatic nitrogens is 1. The number of anilines is 2. The predicted octanol–water partition coefficient (Wildman–Crippen LogP) is 2.98. The van der Waals surface area contributed by atoms with Crippen LogP contribution in [0.1, 0.15) is 18.1 Å². The Morgan fingerprint density at radius 1 is 1.03 bits per heavy atom. The Kier molecular flexibility index (Phi) is 6.63. The van der Waals surface area contributed by atoms with Gasteiger partial charge in [0.2, 0.25) is 0 Å². The van der Waals surface area contributed by atoms with Crippen LogP contribution in [0.3, 0.4) is 0 Å². The predicted molar refractivity (Wildman–Crippen MR) is 136 cm³/mol. The van der Waals surface area contributed by atoms with Crippen molar-refractivity contribution < 1.29 is 4.74 Å². The van der Waals surface area contributed by atoms with Gasteiger partial charge in [-0.15, -0.1) is 0 Å². The normalized spacial score (nSPS) is 21.6. The van der Waals surface area contributed by atoms with E-state index in [9.17, 15) is 5.26 Å². The van der Waals surface area contributed by atoms with E-state index in [-0.39, 0.29) is 12.2 Å². The maximum Gasteiger partial charge on any atom is 0.101 e. The number of morpholine rings is 1. The minimum absolute atomic E-state index is 0.140. The summed E-state index contributed by atoms with van der Waals surface area (Å²) in [6.07, 6.45) is 2.04. The Balaban J connectivity index is 1.24. The molecule has 0 aliphatic carbocycles. The summed E-state index contributed by atoms with van der Waals surface area (Å²) in [6, 6.07) is 18.8. The lowest BCUT2D eigenvalue weighted by molar-refractivity contribution is -0.0327. The van der Waals surface area contributed by atoms with Crippen LogP contribution >= 0.6 is 0 Å². The van der Waals surface area contributed by atoms with Gasteiger partial charge in [-0.05, 0) is 48.9 Å². The third-order valence-corrected chi connectivity index (χ3v) is 6.91. The van der Waals surface area contributed by atoms with Crippen molar-refractivity contribution in [2.24, 2.45) is 5.73 Å². The third-order valence-electron chi connectivity index (χ3n) is 6.91. The molecule has 0 unspecified atom stereocenters. The van der Waals surface area contributed by atoms with Crippen molar-refractivity contribution in [2.45, 2.75) is 25.7 Å². The molecule has 3 aromatic rings. The Morgan fingerprint density at radius 2 is 1.82 bits per heavy atom. The van der Waals surface area contributed by atoms with E-state index < -0.39 is 0 Å². The van der Waals surface area contributed by atoms with Crippen LogP contribution in [0.4, 0.5) is 11.4 Å². The van der Waals surface area contributed by atoms with Crippen LogP contribution in [0.2, 0.25) is 0 Å². The second-order valence-corrected chi connectivity index (χ2v) is 9.28. The highest BCUT2D eigenvalue weighted by Crippen LogP contribution is 2.30. The Morgan fingerprint density at radius 3 is 2.56 bits per heavy atom. The summed E-state index contributed by atoms with van der Waals surface area (Å²) in [5, 5.41) is 10.5. The first-order valence-electron chi connectivity index (χ1n) is 12.1. The quantitative estimate of drug-likeness (QED) is 0.632. The number of nitrogens with zero attached hydrogens (tertiary/aromatic N) is 5. The van der Waals surface area contributed by atoms with Gasteiger partial charge in [-0.25, -0.2) is 0 Å². The van der Waals surface area contributed by atoms with E-state index in [0.717, 1.165) is 62.4 Å². The lowest BCUT2D eigenvalue weighted by atomic mass is 10.1. The molecule has 0 bridgehead atoms. The molecule has 7 nitrogen and oxygen atoms in total. The summed E-state index contributed by atoms with van der Waals surface area (Å²) in [5.74, 6) is 0. The maximum atomic E-state index is 9.48. The molecule has 3 heterocycles. The number of piperazine rings is 1. The molecule has 0 spiro atoms. The van der Waals surface area contributed by atoms with Gasteiger partial charge in [-0.3, -0.25) is 9.88 Å². The van der Waals surface area contributed by atoms with E-state index >= 15 is 0 Å². The zero-order chi connectivity index (χ0) is 23.5. The molecule has 2 saturated heterocycles. The summed E-state index contributed by atoms with van der Waals surface area (Å²) in [5.41, 5.74) is 10.7. The van der Waals surface area contributed by atoms with E-state index in [1.165, 1.54) is 11.3 Å². The van der Waals surface area contributed by atoms with Crippen LogP contribution in [0, 0.1) is 11.3 Å². The van der Waals surface area contributed by atoms with Crippen molar-refractivity contribution in [3.8, 4) is 6.07 Å². The second-order valence-electron chi connectivity index (χ2n) is 9.28. The van der Waals surface area contributed by atoms with Gasteiger partial charge in [0.25, 0.3) is 0 Å². The van der Waals surface area contributed by atoms with Crippen molar-refractivity contribution in [2.75, 3.05) is 55.6 Å². The molecule has 2 N–H and O–H groups in total. The zero-order valence-electron chi connectivity index (χ0n) is 19.7. The molecule has 1 aromatic heterocycles. The highest BCUT2D eigenvalue weighted by molar-refractivity contribution is 5.95. The van der Waals surface area contributed by atoms with Crippen LogP contribution in [0.15, 0.2) is 54.7 Å². The Labute approximate surface area is 201 Å². The van der Waals surface area contributed by atoms with Gasteiger partial charge >= 0.3 is 0 Å². The van der Waals surface area contributed by atoms with Gasteiger partial charge in [-0.1, -0.05) is 12.1 Å². The molecule has 176 valence electrons. The number of nitrogens with two attached hydrogens (primary N) is 1. The van der Waals surface area contributed by atoms with Crippen molar-refractivity contribution in [3.63, 3.8) is 0 Å². The molecule has 0 amide bonds. The topological polar surface area (TPSA) is 81.7 Å². The van der Waals surface area contributed by atoms with E-state index in [1.807, 2.05) is 12.1 Å². The van der Waals surface area contributed by atoms with Crippen molar-refractivity contribution in [1.82, 2.24) is 9.88 Å². The molecule has 2 aliphatic heterocycles. The molecule has 0 radical (unpaired) electrons. The lowest BCUT2D eigenvalue weighted by Crippen LogP contribution is -2.54. The smallest absolute Gasteiger partial charge is 0.101 e. The minimum Gasteiger partial charge on any atom is -0.370 e. The number of rotatable bonds is 5. The van der Waals surface area contributed by atoms with Crippen molar-refractivity contribution >= 4 is 22.3 Å². The first kappa shape index (κ1) is 22.6. The van der Waals surface area contributed by atoms with Gasteiger partial charge in [0.05, 0.1) is 23.3 Å². The van der Waals surface area contributed by atoms with Crippen molar-refractivity contribution in [1.29, 1.82) is 5.26 Å². The number of hydrogen-bond acceptors (Lipinski definition) is 7. The SMILES string of the molecule is C[C@@H]1CN(c2ccc(C#N)c3ncccc23)C[C@H](CN2CCN(c3ccc(CN)cc3)CC2)O1. The molecule has 5 rings (SSSR count). The monoisotopic (exact) mass is 456 g/mol. The fourth-order valence-electron chi connectivity index (χ4n) is 5.19. The average molecular weight is 457 g/mol. The number of benzene rings is 2. The summed E-state index contributed by atoms with van der Waals surface area (Å²) < 4.78 is 6.36. The van der Waals surface area contributed by atoms with Crippen LogP contribution < -0.4 is 15.5 Å². The van der Waals surface area contributed by atoms with Crippen LogP contribution in [0.5, 0.6) is 0 Å². The number of fused-ring (bicyclic) bond motifs is 1. The second kappa shape index (κ2) is 9.98. The minimum atomic E-state index is 0.140. The third kappa shape index (κ3) is 4.71. The van der Waals surface area contributed by atoms with Crippen LogP contribution in [-0.4, -0.2) is 67.9 Å². The largest absolute Gasteiger partial charge is 0.370 e. The molecule has 0 saturated carbocycles. The number of nitriles is 1. The molecule has 2 atom stereocenters. The average Bonchev–Trinajstić information content (AvgIpc) is 2.88. The summed E-state index contributed by atoms with van der Waals surface area (Å²) in [4.78, 5) is 11.8. The molecule has 7 heteroatoms. The first-order valence-corrected chi connectivity index (χ1v) is 12.1. The zero-order valence-corrected chi connectivity index (χ0v) is 19.7. The van der Waals surface area contributed by atoms with Gasteiger partial charge in [0, 0.05) is 75.3 Å². The molecule has 2 fully saturated rings.